The van der Waals surface area contributed by atoms with Crippen LogP contribution in [0.3, 0.4) is 0 Å². The maximum atomic E-state index is 12.3. The lowest BCUT2D eigenvalue weighted by atomic mass is 10.1. The molecule has 0 spiro atoms. The predicted octanol–water partition coefficient (Wildman–Crippen LogP) is 3.85. The lowest BCUT2D eigenvalue weighted by Crippen LogP contribution is -2.15. The van der Waals surface area contributed by atoms with Crippen LogP contribution in [0.2, 0.25) is 0 Å². The van der Waals surface area contributed by atoms with Gasteiger partial charge in [-0.3, -0.25) is 4.79 Å². The van der Waals surface area contributed by atoms with Crippen LogP contribution in [-0.4, -0.2) is 25.3 Å². The molecule has 0 fully saturated rings. The fourth-order valence-electron chi connectivity index (χ4n) is 2.51. The molecule has 2 aromatic carbocycles. The number of methoxy groups -OCH3 is 2. The van der Waals surface area contributed by atoms with Crippen molar-refractivity contribution in [2.24, 2.45) is 0 Å². The van der Waals surface area contributed by atoms with Crippen LogP contribution in [0.4, 0.5) is 5.69 Å². The van der Waals surface area contributed by atoms with Gasteiger partial charge in [0, 0.05) is 17.7 Å². The number of carbonyl (C=O) groups is 1. The highest BCUT2D eigenvalue weighted by molar-refractivity contribution is 5.93. The first-order valence-corrected chi connectivity index (χ1v) is 8.13. The van der Waals surface area contributed by atoms with E-state index in [2.05, 4.69) is 10.5 Å². The van der Waals surface area contributed by atoms with Crippen molar-refractivity contribution in [1.29, 1.82) is 0 Å². The average Bonchev–Trinajstić information content (AvgIpc) is 3.11. The quantitative estimate of drug-likeness (QED) is 0.729. The molecule has 1 amide bonds. The van der Waals surface area contributed by atoms with E-state index in [9.17, 15) is 4.79 Å². The summed E-state index contributed by atoms with van der Waals surface area (Å²) >= 11 is 0. The van der Waals surface area contributed by atoms with Gasteiger partial charge in [0.1, 0.15) is 11.5 Å². The Morgan fingerprint density at radius 3 is 2.54 bits per heavy atom. The van der Waals surface area contributed by atoms with E-state index in [0.29, 0.717) is 28.6 Å². The molecule has 0 aliphatic carbocycles. The van der Waals surface area contributed by atoms with Crippen molar-refractivity contribution in [2.45, 2.75) is 13.3 Å². The van der Waals surface area contributed by atoms with Crippen molar-refractivity contribution in [3.63, 3.8) is 0 Å². The molecule has 6 heteroatoms. The fraction of sp³-hybridized carbons (Fsp3) is 0.200. The molecule has 0 bridgehead atoms. The summed E-state index contributed by atoms with van der Waals surface area (Å²) in [5.74, 6) is 1.60. The summed E-state index contributed by atoms with van der Waals surface area (Å²) in [5, 5.41) is 6.80. The topological polar surface area (TPSA) is 73.6 Å². The van der Waals surface area contributed by atoms with Crippen molar-refractivity contribution in [2.75, 3.05) is 19.5 Å². The van der Waals surface area contributed by atoms with Crippen LogP contribution in [0.25, 0.3) is 11.3 Å². The highest BCUT2D eigenvalue weighted by Crippen LogP contribution is 2.29. The lowest BCUT2D eigenvalue weighted by molar-refractivity contribution is -0.115. The van der Waals surface area contributed by atoms with Gasteiger partial charge < -0.3 is 19.3 Å². The summed E-state index contributed by atoms with van der Waals surface area (Å²) in [6.07, 6.45) is 0.102. The summed E-state index contributed by atoms with van der Waals surface area (Å²) in [4.78, 5) is 12.3. The molecule has 0 aliphatic rings. The highest BCUT2D eigenvalue weighted by Gasteiger charge is 2.13. The molecule has 0 unspecified atom stereocenters. The molecule has 26 heavy (non-hydrogen) atoms. The normalized spacial score (nSPS) is 10.4. The monoisotopic (exact) mass is 352 g/mol. The van der Waals surface area contributed by atoms with Crippen LogP contribution < -0.4 is 14.8 Å². The number of carbonyl (C=O) groups excluding carboxylic acids is 1. The molecule has 1 heterocycles. The van der Waals surface area contributed by atoms with Crippen molar-refractivity contribution in [1.82, 2.24) is 5.16 Å². The van der Waals surface area contributed by atoms with Crippen LogP contribution in [0.1, 0.15) is 11.3 Å². The molecular formula is C20H20N2O4. The molecule has 0 aliphatic heterocycles. The van der Waals surface area contributed by atoms with Crippen molar-refractivity contribution in [3.8, 4) is 22.8 Å². The van der Waals surface area contributed by atoms with Crippen LogP contribution in [0.15, 0.2) is 53.1 Å². The average molecular weight is 352 g/mol. The number of aromatic nitrogens is 1. The molecule has 3 rings (SSSR count). The van der Waals surface area contributed by atoms with E-state index < -0.39 is 0 Å². The van der Waals surface area contributed by atoms with Gasteiger partial charge in [0.25, 0.3) is 0 Å². The number of hydrogen-bond donors (Lipinski definition) is 1. The zero-order valence-corrected chi connectivity index (χ0v) is 14.9. The van der Waals surface area contributed by atoms with Crippen molar-refractivity contribution in [3.05, 3.63) is 59.8 Å². The number of hydrogen-bond acceptors (Lipinski definition) is 5. The Morgan fingerprint density at radius 1 is 1.08 bits per heavy atom. The molecule has 6 nitrogen and oxygen atoms in total. The second kappa shape index (κ2) is 7.74. The molecule has 0 atom stereocenters. The molecule has 1 N–H and O–H groups in total. The van der Waals surface area contributed by atoms with Crippen LogP contribution in [-0.2, 0) is 11.2 Å². The first kappa shape index (κ1) is 17.5. The Balaban J connectivity index is 1.68. The number of rotatable bonds is 6. The van der Waals surface area contributed by atoms with Gasteiger partial charge in [-0.2, -0.15) is 0 Å². The van der Waals surface area contributed by atoms with E-state index in [-0.39, 0.29) is 12.3 Å². The summed E-state index contributed by atoms with van der Waals surface area (Å²) in [6, 6.07) is 14.9. The van der Waals surface area contributed by atoms with Gasteiger partial charge in [0.05, 0.1) is 32.0 Å². The number of benzene rings is 2. The molecule has 134 valence electrons. The lowest BCUT2D eigenvalue weighted by Gasteiger charge is -2.11. The van der Waals surface area contributed by atoms with Gasteiger partial charge in [-0.05, 0) is 19.1 Å². The summed E-state index contributed by atoms with van der Waals surface area (Å²) in [7, 11) is 3.11. The van der Waals surface area contributed by atoms with E-state index in [1.807, 2.05) is 31.2 Å². The molecule has 1 aromatic heterocycles. The largest absolute Gasteiger partial charge is 0.497 e. The van der Waals surface area contributed by atoms with Crippen LogP contribution in [0.5, 0.6) is 11.5 Å². The zero-order chi connectivity index (χ0) is 18.5. The Kier molecular flexibility index (Phi) is 5.22. The number of aryl methyl sites for hydroxylation is 1. The molecular weight excluding hydrogens is 332 g/mol. The maximum absolute atomic E-state index is 12.3. The van der Waals surface area contributed by atoms with Gasteiger partial charge >= 0.3 is 0 Å². The minimum absolute atomic E-state index is 0.102. The second-order valence-electron chi connectivity index (χ2n) is 5.84. The Morgan fingerprint density at radius 2 is 1.85 bits per heavy atom. The third kappa shape index (κ3) is 4.03. The first-order chi connectivity index (χ1) is 12.6. The highest BCUT2D eigenvalue weighted by atomic mass is 16.5. The summed E-state index contributed by atoms with van der Waals surface area (Å²) in [5.41, 5.74) is 3.22. The second-order valence-corrected chi connectivity index (χ2v) is 5.84. The summed E-state index contributed by atoms with van der Waals surface area (Å²) < 4.78 is 15.8. The summed E-state index contributed by atoms with van der Waals surface area (Å²) in [6.45, 7) is 2.02. The van der Waals surface area contributed by atoms with Crippen LogP contribution >= 0.6 is 0 Å². The van der Waals surface area contributed by atoms with Crippen molar-refractivity contribution < 1.29 is 18.8 Å². The minimum atomic E-state index is -0.211. The number of ether oxygens (including phenoxy) is 2. The van der Waals surface area contributed by atoms with E-state index in [1.165, 1.54) is 12.7 Å². The third-order valence-corrected chi connectivity index (χ3v) is 3.92. The third-order valence-electron chi connectivity index (χ3n) is 3.92. The number of amides is 1. The number of nitrogens with zero attached hydrogens (tertiary/aromatic N) is 1. The van der Waals surface area contributed by atoms with Crippen molar-refractivity contribution >= 4 is 11.6 Å². The SMILES string of the molecule is COc1ccc(NC(=O)Cc2cc(-c3ccc(C)cc3)on2)c(OC)c1. The Hall–Kier alpha value is -3.28. The molecule has 0 saturated heterocycles. The van der Waals surface area contributed by atoms with Gasteiger partial charge in [0.15, 0.2) is 5.76 Å². The molecule has 0 saturated carbocycles. The predicted molar refractivity (Wildman–Crippen MR) is 98.6 cm³/mol. The van der Waals surface area contributed by atoms with Gasteiger partial charge in [-0.1, -0.05) is 35.0 Å². The van der Waals surface area contributed by atoms with Gasteiger partial charge in [-0.15, -0.1) is 0 Å². The Labute approximate surface area is 151 Å². The van der Waals surface area contributed by atoms with E-state index in [0.717, 1.165) is 5.56 Å². The molecule has 3 aromatic rings. The number of anilines is 1. The maximum Gasteiger partial charge on any atom is 0.230 e. The first-order valence-electron chi connectivity index (χ1n) is 8.13. The standard InChI is InChI=1S/C20H20N2O4/c1-13-4-6-14(7-5-13)18-10-15(22-26-18)11-20(23)21-17-9-8-16(24-2)12-19(17)25-3/h4-10,12H,11H2,1-3H3,(H,21,23). The number of nitrogens with one attached hydrogen (secondary N) is 1. The Bertz CT molecular complexity index is 900. The van der Waals surface area contributed by atoms with E-state index in [1.54, 1.807) is 31.4 Å². The van der Waals surface area contributed by atoms with E-state index >= 15 is 0 Å². The van der Waals surface area contributed by atoms with Crippen LogP contribution in [0, 0.1) is 6.92 Å². The minimum Gasteiger partial charge on any atom is -0.497 e. The zero-order valence-electron chi connectivity index (χ0n) is 14.9. The smallest absolute Gasteiger partial charge is 0.230 e. The van der Waals surface area contributed by atoms with E-state index in [4.69, 9.17) is 14.0 Å². The molecule has 0 radical (unpaired) electrons. The van der Waals surface area contributed by atoms with Gasteiger partial charge in [0.2, 0.25) is 5.91 Å². The van der Waals surface area contributed by atoms with Gasteiger partial charge in [-0.25, -0.2) is 0 Å². The fourth-order valence-corrected chi connectivity index (χ4v) is 2.51.